The van der Waals surface area contributed by atoms with Crippen LogP contribution in [0.3, 0.4) is 0 Å². The van der Waals surface area contributed by atoms with Crippen molar-refractivity contribution in [1.29, 1.82) is 0 Å². The van der Waals surface area contributed by atoms with Crippen LogP contribution in [0.1, 0.15) is 25.8 Å². The Morgan fingerprint density at radius 3 is 2.18 bits per heavy atom. The number of hydrogen-bond donors (Lipinski definition) is 1. The van der Waals surface area contributed by atoms with Gasteiger partial charge in [-0.25, -0.2) is 0 Å². The molecule has 1 aliphatic carbocycles. The zero-order chi connectivity index (χ0) is 13.8. The third kappa shape index (κ3) is 5.26. The number of fused-ring (bicyclic) bond motifs is 1. The van der Waals surface area contributed by atoms with Gasteiger partial charge in [-0.1, -0.05) is 46.4 Å². The summed E-state index contributed by atoms with van der Waals surface area (Å²) in [6.45, 7) is 4.38. The Bertz CT molecular complexity index is 663. The number of allylic oxidation sites excluding steroid dienone is 4. The topological polar surface area (TPSA) is 20.2 Å². The maximum atomic E-state index is 7.00. The van der Waals surface area contributed by atoms with Crippen LogP contribution >= 0.6 is 0 Å². The number of halogens is 2. The molecule has 0 unspecified atom stereocenters. The monoisotopic (exact) mass is 369 g/mol. The second-order valence-corrected chi connectivity index (χ2v) is 4.79. The summed E-state index contributed by atoms with van der Waals surface area (Å²) in [6.07, 6.45) is 3.35. The number of aliphatic hydroxyl groups excluding tert-OH is 1. The average Bonchev–Trinajstić information content (AvgIpc) is 2.79. The normalized spacial score (nSPS) is 12.3. The smallest absolute Gasteiger partial charge is 1.00 e. The molecule has 1 aliphatic rings. The molecule has 0 atom stereocenters. The molecule has 1 N–H and O–H groups in total. The predicted octanol–water partition coefficient (Wildman–Crippen LogP) is -1.62. The van der Waals surface area contributed by atoms with Crippen LogP contribution in [0.15, 0.2) is 53.6 Å². The van der Waals surface area contributed by atoms with E-state index in [2.05, 4.69) is 62.4 Å². The van der Waals surface area contributed by atoms with Crippen molar-refractivity contribution >= 4 is 16.3 Å². The Morgan fingerprint density at radius 1 is 0.955 bits per heavy atom. The molecule has 0 amide bonds. The molecule has 1 radical (unpaired) electrons. The van der Waals surface area contributed by atoms with Crippen LogP contribution in [0.2, 0.25) is 0 Å². The minimum Gasteiger partial charge on any atom is -1.00 e. The Labute approximate surface area is 160 Å². The summed E-state index contributed by atoms with van der Waals surface area (Å²) >= 11 is 0. The summed E-state index contributed by atoms with van der Waals surface area (Å²) in [5.74, 6) is 0. The van der Waals surface area contributed by atoms with Gasteiger partial charge in [-0.15, -0.1) is 35.2 Å². The van der Waals surface area contributed by atoms with Crippen molar-refractivity contribution in [2.75, 3.05) is 7.11 Å². The molecule has 115 valence electrons. The van der Waals surface area contributed by atoms with Gasteiger partial charge in [0, 0.05) is 7.11 Å². The maximum absolute atomic E-state index is 7.00. The van der Waals surface area contributed by atoms with Gasteiger partial charge >= 0.3 is 21.7 Å². The van der Waals surface area contributed by atoms with Crippen LogP contribution in [0.5, 0.6) is 0 Å². The van der Waals surface area contributed by atoms with E-state index in [0.29, 0.717) is 0 Å². The number of aliphatic hydroxyl groups is 1. The summed E-state index contributed by atoms with van der Waals surface area (Å²) in [5, 5.41) is 9.46. The number of hydrogen-bond acceptors (Lipinski definition) is 1. The van der Waals surface area contributed by atoms with Gasteiger partial charge in [-0.2, -0.15) is 0 Å². The van der Waals surface area contributed by atoms with Gasteiger partial charge in [0.25, 0.3) is 0 Å². The Kier molecular flexibility index (Phi) is 11.9. The first kappa shape index (κ1) is 23.7. The third-order valence-corrected chi connectivity index (χ3v) is 3.38. The van der Waals surface area contributed by atoms with Gasteiger partial charge in [0.05, 0.1) is 0 Å². The van der Waals surface area contributed by atoms with Crippen molar-refractivity contribution in [3.63, 3.8) is 0 Å². The Morgan fingerprint density at radius 2 is 1.59 bits per heavy atom. The Hall–Kier alpha value is -0.566. The summed E-state index contributed by atoms with van der Waals surface area (Å²) in [5.41, 5.74) is 5.50. The fourth-order valence-electron chi connectivity index (χ4n) is 2.53. The van der Waals surface area contributed by atoms with Crippen LogP contribution in [-0.4, -0.2) is 12.2 Å². The van der Waals surface area contributed by atoms with Gasteiger partial charge in [-0.3, -0.25) is 0 Å². The first-order valence-electron chi connectivity index (χ1n) is 6.47. The van der Waals surface area contributed by atoms with Crippen molar-refractivity contribution < 1.29 is 51.6 Å². The van der Waals surface area contributed by atoms with Gasteiger partial charge in [0.2, 0.25) is 0 Å². The molecule has 0 bridgehead atoms. The number of rotatable bonds is 1. The van der Waals surface area contributed by atoms with Crippen LogP contribution in [0.4, 0.5) is 0 Å². The minimum absolute atomic E-state index is 0. The zero-order valence-electron chi connectivity index (χ0n) is 13.0. The van der Waals surface area contributed by atoms with Gasteiger partial charge < -0.3 is 29.9 Å². The molecular formula is C18H19Cl2OTi. The summed E-state index contributed by atoms with van der Waals surface area (Å²) in [7, 11) is 1.00. The van der Waals surface area contributed by atoms with Gasteiger partial charge in [0.1, 0.15) is 0 Å². The minimum atomic E-state index is 0. The quantitative estimate of drug-likeness (QED) is 0.473. The SMILES string of the molecule is CC1=CC(C)=C(c2[c-]c3ccccc3cc2)C1.CO.[Cl-].[Cl-].[Ti+3]. The average molecular weight is 370 g/mol. The second-order valence-electron chi connectivity index (χ2n) is 4.79. The van der Waals surface area contributed by atoms with E-state index < -0.39 is 0 Å². The molecular weight excluding hydrogens is 351 g/mol. The fraction of sp³-hybridized carbons (Fsp3) is 0.222. The van der Waals surface area contributed by atoms with Crippen molar-refractivity contribution in [2.24, 2.45) is 0 Å². The van der Waals surface area contributed by atoms with Crippen molar-refractivity contribution in [3.8, 4) is 0 Å². The molecule has 3 rings (SSSR count). The maximum Gasteiger partial charge on any atom is 3.00 e. The first-order valence-corrected chi connectivity index (χ1v) is 6.47. The molecule has 2 aromatic carbocycles. The third-order valence-electron chi connectivity index (χ3n) is 3.38. The van der Waals surface area contributed by atoms with E-state index >= 15 is 0 Å². The summed E-state index contributed by atoms with van der Waals surface area (Å²) < 4.78 is 0. The fourth-order valence-corrected chi connectivity index (χ4v) is 2.53. The van der Waals surface area contributed by atoms with Crippen LogP contribution in [0.25, 0.3) is 16.3 Å². The van der Waals surface area contributed by atoms with Crippen molar-refractivity contribution in [1.82, 2.24) is 0 Å². The second kappa shape index (κ2) is 11.0. The molecule has 0 saturated carbocycles. The standard InChI is InChI=1S/C17H15.CH4O.2ClH.Ti/c1-12-9-13(2)17(10-12)16-8-7-14-5-3-4-6-15(14)11-16;1-2;;;/h3-9H,10H2,1-2H3;2H,1H3;2*1H;/q-1;;;;+3/p-2. The summed E-state index contributed by atoms with van der Waals surface area (Å²) in [4.78, 5) is 0. The van der Waals surface area contributed by atoms with E-state index in [1.165, 1.54) is 33.1 Å². The summed E-state index contributed by atoms with van der Waals surface area (Å²) in [6, 6.07) is 16.3. The van der Waals surface area contributed by atoms with E-state index in [1.54, 1.807) is 0 Å². The van der Waals surface area contributed by atoms with Gasteiger partial charge in [-0.05, 0) is 20.3 Å². The van der Waals surface area contributed by atoms with Crippen LogP contribution in [0, 0.1) is 6.07 Å². The van der Waals surface area contributed by atoms with Crippen LogP contribution < -0.4 is 24.8 Å². The molecule has 4 heteroatoms. The molecule has 0 fully saturated rings. The molecule has 0 spiro atoms. The Balaban J connectivity index is 0. The molecule has 2 aromatic rings. The van der Waals surface area contributed by atoms with E-state index in [1.807, 2.05) is 0 Å². The van der Waals surface area contributed by atoms with E-state index in [4.69, 9.17) is 5.11 Å². The molecule has 0 saturated heterocycles. The molecule has 22 heavy (non-hydrogen) atoms. The van der Waals surface area contributed by atoms with Crippen LogP contribution in [-0.2, 0) is 21.7 Å². The number of benzene rings is 2. The van der Waals surface area contributed by atoms with Crippen molar-refractivity contribution in [2.45, 2.75) is 20.3 Å². The van der Waals surface area contributed by atoms with Gasteiger partial charge in [0.15, 0.2) is 0 Å². The first-order chi connectivity index (χ1) is 9.24. The molecule has 0 heterocycles. The largest absolute Gasteiger partial charge is 3.00 e. The van der Waals surface area contributed by atoms with Crippen molar-refractivity contribution in [3.05, 3.63) is 65.3 Å². The zero-order valence-corrected chi connectivity index (χ0v) is 16.0. The van der Waals surface area contributed by atoms with E-state index in [0.717, 1.165) is 13.5 Å². The predicted molar refractivity (Wildman–Crippen MR) is 81.9 cm³/mol. The molecule has 1 nitrogen and oxygen atoms in total. The molecule has 0 aliphatic heterocycles. The van der Waals surface area contributed by atoms with E-state index in [9.17, 15) is 0 Å². The molecule has 0 aromatic heterocycles. The van der Waals surface area contributed by atoms with E-state index in [-0.39, 0.29) is 46.5 Å².